The summed E-state index contributed by atoms with van der Waals surface area (Å²) < 4.78 is 24.9. The van der Waals surface area contributed by atoms with E-state index in [4.69, 9.17) is 31.7 Å². The minimum Gasteiger partial charge on any atom is -0.381 e. The number of nitrogens with one attached hydrogen (secondary N) is 2. The molecule has 0 saturated carbocycles. The number of benzene rings is 2. The van der Waals surface area contributed by atoms with Crippen molar-refractivity contribution in [3.63, 3.8) is 0 Å². The van der Waals surface area contributed by atoms with Gasteiger partial charge in [-0.25, -0.2) is 4.39 Å². The Balaban J connectivity index is 1.20. The Morgan fingerprint density at radius 1 is 0.875 bits per heavy atom. The maximum atomic E-state index is 13.6. The van der Waals surface area contributed by atoms with Crippen LogP contribution in [-0.4, -0.2) is 67.7 Å². The summed E-state index contributed by atoms with van der Waals surface area (Å²) in [5.74, 6) is 1.98. The first-order valence-electron chi connectivity index (χ1n) is 14.0. The molecule has 10 heteroatoms. The third-order valence-electron chi connectivity index (χ3n) is 8.21. The van der Waals surface area contributed by atoms with Gasteiger partial charge in [-0.2, -0.15) is 9.97 Å². The van der Waals surface area contributed by atoms with E-state index in [-0.39, 0.29) is 11.2 Å². The minimum absolute atomic E-state index is 0.194. The highest BCUT2D eigenvalue weighted by atomic mass is 32.1. The van der Waals surface area contributed by atoms with Crippen LogP contribution in [0.4, 0.5) is 22.0 Å². The number of ether oxygens (including phenoxy) is 2. The molecule has 40 heavy (non-hydrogen) atoms. The lowest BCUT2D eigenvalue weighted by Gasteiger charge is -2.38. The van der Waals surface area contributed by atoms with Gasteiger partial charge in [0.05, 0.1) is 13.2 Å². The normalized spacial score (nSPS) is 18.6. The highest BCUT2D eigenvalue weighted by Crippen LogP contribution is 2.34. The molecule has 210 valence electrons. The second-order valence-electron chi connectivity index (χ2n) is 10.7. The summed E-state index contributed by atoms with van der Waals surface area (Å²) in [6.07, 6.45) is 2.64. The second-order valence-corrected chi connectivity index (χ2v) is 11.1. The van der Waals surface area contributed by atoms with E-state index in [0.717, 1.165) is 62.6 Å². The Kier molecular flexibility index (Phi) is 8.08. The van der Waals surface area contributed by atoms with E-state index in [1.54, 1.807) is 0 Å². The number of nitrogens with zero attached hydrogens (tertiary/aromatic N) is 4. The lowest BCUT2D eigenvalue weighted by atomic mass is 9.74. The van der Waals surface area contributed by atoms with Gasteiger partial charge in [-0.05, 0) is 60.3 Å². The van der Waals surface area contributed by atoms with Crippen molar-refractivity contribution in [2.24, 2.45) is 0 Å². The van der Waals surface area contributed by atoms with Crippen LogP contribution in [0.25, 0.3) is 0 Å². The van der Waals surface area contributed by atoms with Gasteiger partial charge in [0.1, 0.15) is 17.5 Å². The molecule has 0 bridgehead atoms. The molecule has 1 aromatic heterocycles. The number of hydrogen-bond donors (Lipinski definition) is 2. The molecule has 3 aromatic rings. The molecule has 2 aromatic carbocycles. The van der Waals surface area contributed by atoms with Gasteiger partial charge in [0.2, 0.25) is 5.95 Å². The summed E-state index contributed by atoms with van der Waals surface area (Å²) in [6.45, 7) is 6.53. The van der Waals surface area contributed by atoms with E-state index in [0.29, 0.717) is 44.0 Å². The average Bonchev–Trinajstić information content (AvgIpc) is 3.01. The highest BCUT2D eigenvalue weighted by Gasteiger charge is 2.34. The van der Waals surface area contributed by atoms with Gasteiger partial charge in [-0.3, -0.25) is 0 Å². The van der Waals surface area contributed by atoms with Crippen LogP contribution in [0.5, 0.6) is 0 Å². The van der Waals surface area contributed by atoms with Gasteiger partial charge in [-0.15, -0.1) is 0 Å². The van der Waals surface area contributed by atoms with Crippen LogP contribution < -0.4 is 20.4 Å². The van der Waals surface area contributed by atoms with Crippen molar-refractivity contribution in [3.05, 3.63) is 77.1 Å². The molecule has 8 nitrogen and oxygen atoms in total. The smallest absolute Gasteiger partial charge is 0.232 e. The number of anilines is 3. The largest absolute Gasteiger partial charge is 0.381 e. The van der Waals surface area contributed by atoms with E-state index < -0.39 is 0 Å². The molecule has 0 atom stereocenters. The van der Waals surface area contributed by atoms with Crippen molar-refractivity contribution in [2.45, 2.75) is 31.2 Å². The topological polar surface area (TPSA) is 74.8 Å². The van der Waals surface area contributed by atoms with Crippen molar-refractivity contribution in [1.29, 1.82) is 0 Å². The molecule has 3 aliphatic heterocycles. The molecule has 0 radical (unpaired) electrons. The molecule has 2 N–H and O–H groups in total. The molecule has 2 saturated heterocycles. The fraction of sp³-hybridized carbons (Fsp3) is 0.433. The van der Waals surface area contributed by atoms with Gasteiger partial charge in [0, 0.05) is 57.4 Å². The lowest BCUT2D eigenvalue weighted by molar-refractivity contribution is 0.0515. The van der Waals surface area contributed by atoms with Crippen molar-refractivity contribution >= 4 is 34.9 Å². The van der Waals surface area contributed by atoms with Crippen LogP contribution in [-0.2, 0) is 27.9 Å². The van der Waals surface area contributed by atoms with E-state index in [1.807, 2.05) is 12.1 Å². The first-order valence-corrected chi connectivity index (χ1v) is 14.4. The van der Waals surface area contributed by atoms with Crippen LogP contribution in [0.3, 0.4) is 0 Å². The van der Waals surface area contributed by atoms with E-state index in [1.165, 1.54) is 23.3 Å². The Morgan fingerprint density at radius 2 is 1.55 bits per heavy atom. The number of fused-ring (bicyclic) bond motifs is 1. The third-order valence-corrected chi connectivity index (χ3v) is 8.45. The highest BCUT2D eigenvalue weighted by molar-refractivity contribution is 7.80. The number of halogens is 1. The van der Waals surface area contributed by atoms with Gasteiger partial charge in [-0.1, -0.05) is 36.4 Å². The summed E-state index contributed by atoms with van der Waals surface area (Å²) >= 11 is 5.74. The summed E-state index contributed by atoms with van der Waals surface area (Å²) in [5, 5.41) is 7.13. The zero-order valence-electron chi connectivity index (χ0n) is 22.6. The molecule has 6 rings (SSSR count). The third kappa shape index (κ3) is 6.04. The van der Waals surface area contributed by atoms with Gasteiger partial charge in [0.25, 0.3) is 0 Å². The Labute approximate surface area is 239 Å². The van der Waals surface area contributed by atoms with Crippen LogP contribution in [0.1, 0.15) is 29.5 Å². The fourth-order valence-electron chi connectivity index (χ4n) is 5.81. The molecular formula is C30H35FN6O2S. The summed E-state index contributed by atoms with van der Waals surface area (Å²) in [6, 6.07) is 17.5. The van der Waals surface area contributed by atoms with Gasteiger partial charge >= 0.3 is 0 Å². The Hall–Kier alpha value is -3.34. The minimum atomic E-state index is -0.235. The number of aromatic nitrogens is 2. The molecule has 4 heterocycles. The second kappa shape index (κ2) is 12.0. The maximum absolute atomic E-state index is 13.6. The quantitative estimate of drug-likeness (QED) is 0.433. The Bertz CT molecular complexity index is 1330. The van der Waals surface area contributed by atoms with Crippen molar-refractivity contribution in [1.82, 2.24) is 15.3 Å². The van der Waals surface area contributed by atoms with Crippen molar-refractivity contribution in [3.8, 4) is 0 Å². The molecule has 0 unspecified atom stereocenters. The van der Waals surface area contributed by atoms with E-state index in [2.05, 4.69) is 50.8 Å². The first kappa shape index (κ1) is 26.9. The SMILES string of the molecule is Fc1ccc(C2(CNC(=S)Nc3nc(N4CCOCC4)cc(N4CCc5ccccc5C4)n3)CCOCC2)cc1. The zero-order chi connectivity index (χ0) is 27.4. The number of hydrogen-bond acceptors (Lipinski definition) is 7. The number of rotatable bonds is 6. The van der Waals surface area contributed by atoms with E-state index >= 15 is 0 Å². The first-order chi connectivity index (χ1) is 19.6. The number of thiocarbonyl (C=S) groups is 1. The average molecular weight is 563 g/mol. The molecule has 0 amide bonds. The molecular weight excluding hydrogens is 527 g/mol. The van der Waals surface area contributed by atoms with Crippen LogP contribution in [0, 0.1) is 5.82 Å². The van der Waals surface area contributed by atoms with Crippen LogP contribution in [0.2, 0.25) is 0 Å². The standard InChI is InChI=1S/C30H35FN6O2S/c31-25-7-5-24(6-8-25)30(10-15-38-16-11-30)21-32-29(40)35-28-33-26(36-13-17-39-18-14-36)19-27(34-28)37-12-9-22-3-1-2-4-23(22)20-37/h1-8,19H,9-18,20-21H2,(H2,32,33,34,35,40). The number of morpholine rings is 1. The molecule has 0 aliphatic carbocycles. The molecule has 2 fully saturated rings. The lowest BCUT2D eigenvalue weighted by Crippen LogP contribution is -2.45. The van der Waals surface area contributed by atoms with Crippen LogP contribution >= 0.6 is 12.2 Å². The summed E-state index contributed by atoms with van der Waals surface area (Å²) in [7, 11) is 0. The van der Waals surface area contributed by atoms with Crippen molar-refractivity contribution < 1.29 is 13.9 Å². The predicted octanol–water partition coefficient (Wildman–Crippen LogP) is 4.05. The summed E-state index contributed by atoms with van der Waals surface area (Å²) in [4.78, 5) is 14.3. The molecule has 0 spiro atoms. The van der Waals surface area contributed by atoms with Gasteiger partial charge < -0.3 is 29.9 Å². The fourth-order valence-corrected chi connectivity index (χ4v) is 5.98. The summed E-state index contributed by atoms with van der Waals surface area (Å²) in [5.41, 5.74) is 3.62. The van der Waals surface area contributed by atoms with Gasteiger partial charge in [0.15, 0.2) is 5.11 Å². The monoisotopic (exact) mass is 562 g/mol. The predicted molar refractivity (Wildman–Crippen MR) is 159 cm³/mol. The molecule has 3 aliphatic rings. The Morgan fingerprint density at radius 3 is 2.30 bits per heavy atom. The maximum Gasteiger partial charge on any atom is 0.232 e. The van der Waals surface area contributed by atoms with Crippen molar-refractivity contribution in [2.75, 3.05) is 67.7 Å². The van der Waals surface area contributed by atoms with Crippen LogP contribution in [0.15, 0.2) is 54.6 Å². The van der Waals surface area contributed by atoms with E-state index in [9.17, 15) is 4.39 Å². The zero-order valence-corrected chi connectivity index (χ0v) is 23.4.